The van der Waals surface area contributed by atoms with Gasteiger partial charge in [0.25, 0.3) is 0 Å². The summed E-state index contributed by atoms with van der Waals surface area (Å²) in [6, 6.07) is 12.6. The van der Waals surface area contributed by atoms with Gasteiger partial charge >= 0.3 is 6.18 Å². The molecule has 1 N–H and O–H groups in total. The Morgan fingerprint density at radius 2 is 1.70 bits per heavy atom. The molecule has 0 aliphatic heterocycles. The molecular weight excluding hydrogens is 287 g/mol. The Bertz CT molecular complexity index is 774. The normalized spacial score (nSPS) is 12.0. The molecule has 1 nitrogen and oxygen atoms in total. The van der Waals surface area contributed by atoms with Gasteiger partial charge in [-0.3, -0.25) is 0 Å². The summed E-state index contributed by atoms with van der Waals surface area (Å²) >= 11 is 6.09. The lowest BCUT2D eigenvalue weighted by molar-refractivity contribution is -0.137. The van der Waals surface area contributed by atoms with Gasteiger partial charge in [-0.1, -0.05) is 35.9 Å². The van der Waals surface area contributed by atoms with E-state index in [1.165, 1.54) is 6.07 Å². The van der Waals surface area contributed by atoms with E-state index in [-0.39, 0.29) is 0 Å². The maximum atomic E-state index is 12.7. The number of hydrogen-bond acceptors (Lipinski definition) is 0. The van der Waals surface area contributed by atoms with Crippen molar-refractivity contribution in [1.29, 1.82) is 0 Å². The van der Waals surface area contributed by atoms with Crippen LogP contribution in [0.5, 0.6) is 0 Å². The molecule has 0 radical (unpaired) electrons. The summed E-state index contributed by atoms with van der Waals surface area (Å²) in [5.74, 6) is 0. The van der Waals surface area contributed by atoms with Crippen molar-refractivity contribution in [2.75, 3.05) is 0 Å². The molecule has 102 valence electrons. The zero-order chi connectivity index (χ0) is 14.3. The van der Waals surface area contributed by atoms with Gasteiger partial charge in [0.1, 0.15) is 0 Å². The number of rotatable bonds is 1. The Morgan fingerprint density at radius 3 is 2.40 bits per heavy atom. The van der Waals surface area contributed by atoms with Crippen molar-refractivity contribution in [3.63, 3.8) is 0 Å². The summed E-state index contributed by atoms with van der Waals surface area (Å²) in [7, 11) is 0. The van der Waals surface area contributed by atoms with Gasteiger partial charge in [-0.15, -0.1) is 0 Å². The fourth-order valence-corrected chi connectivity index (χ4v) is 2.37. The highest BCUT2D eigenvalue weighted by Gasteiger charge is 2.30. The SMILES string of the molecule is FC(F)(F)c1ccc2cc(-c3ccccc3Cl)[nH]c2c1. The number of nitrogens with one attached hydrogen (secondary N) is 1. The van der Waals surface area contributed by atoms with Crippen LogP contribution in [0.4, 0.5) is 13.2 Å². The molecule has 0 saturated carbocycles. The van der Waals surface area contributed by atoms with Gasteiger partial charge in [0.2, 0.25) is 0 Å². The smallest absolute Gasteiger partial charge is 0.354 e. The van der Waals surface area contributed by atoms with Crippen LogP contribution >= 0.6 is 11.6 Å². The largest absolute Gasteiger partial charge is 0.416 e. The zero-order valence-corrected chi connectivity index (χ0v) is 10.9. The van der Waals surface area contributed by atoms with E-state index in [4.69, 9.17) is 11.6 Å². The number of halogens is 4. The van der Waals surface area contributed by atoms with Crippen LogP contribution in [0.25, 0.3) is 22.2 Å². The van der Waals surface area contributed by atoms with Crippen molar-refractivity contribution in [2.45, 2.75) is 6.18 Å². The molecule has 0 aliphatic rings. The predicted octanol–water partition coefficient (Wildman–Crippen LogP) is 5.51. The van der Waals surface area contributed by atoms with Crippen LogP contribution in [0.15, 0.2) is 48.5 Å². The number of benzene rings is 2. The minimum Gasteiger partial charge on any atom is -0.354 e. The molecular formula is C15H9ClF3N. The van der Waals surface area contributed by atoms with Crippen molar-refractivity contribution in [2.24, 2.45) is 0 Å². The average molecular weight is 296 g/mol. The molecule has 2 aromatic carbocycles. The second-order valence-electron chi connectivity index (χ2n) is 4.46. The number of aromatic nitrogens is 1. The molecule has 0 spiro atoms. The minimum absolute atomic E-state index is 0.440. The highest BCUT2D eigenvalue weighted by atomic mass is 35.5. The number of alkyl halides is 3. The van der Waals surface area contributed by atoms with Gasteiger partial charge in [0.15, 0.2) is 0 Å². The summed E-state index contributed by atoms with van der Waals surface area (Å²) in [4.78, 5) is 2.98. The molecule has 20 heavy (non-hydrogen) atoms. The van der Waals surface area contributed by atoms with Crippen LogP contribution in [0, 0.1) is 0 Å². The summed E-state index contributed by atoms with van der Waals surface area (Å²) in [5.41, 5.74) is 1.23. The van der Waals surface area contributed by atoms with E-state index in [2.05, 4.69) is 4.98 Å². The van der Waals surface area contributed by atoms with Crippen molar-refractivity contribution in [3.05, 3.63) is 59.1 Å². The molecule has 0 saturated heterocycles. The third kappa shape index (κ3) is 2.27. The molecule has 0 bridgehead atoms. The third-order valence-corrected chi connectivity index (χ3v) is 3.44. The second-order valence-corrected chi connectivity index (χ2v) is 4.87. The predicted molar refractivity (Wildman–Crippen MR) is 73.7 cm³/mol. The minimum atomic E-state index is -4.34. The molecule has 0 aliphatic carbocycles. The van der Waals surface area contributed by atoms with Gasteiger partial charge < -0.3 is 4.98 Å². The van der Waals surface area contributed by atoms with E-state index in [0.717, 1.165) is 17.7 Å². The highest BCUT2D eigenvalue weighted by Crippen LogP contribution is 2.34. The Morgan fingerprint density at radius 1 is 0.950 bits per heavy atom. The number of hydrogen-bond donors (Lipinski definition) is 1. The van der Waals surface area contributed by atoms with Crippen LogP contribution in [-0.4, -0.2) is 4.98 Å². The van der Waals surface area contributed by atoms with Crippen LogP contribution < -0.4 is 0 Å². The van der Waals surface area contributed by atoms with Gasteiger partial charge in [0.05, 0.1) is 5.56 Å². The summed E-state index contributed by atoms with van der Waals surface area (Å²) in [6.07, 6.45) is -4.34. The molecule has 0 atom stereocenters. The molecule has 0 amide bonds. The third-order valence-electron chi connectivity index (χ3n) is 3.11. The second kappa shape index (κ2) is 4.56. The molecule has 1 aromatic heterocycles. The first-order chi connectivity index (χ1) is 9.45. The Hall–Kier alpha value is -1.94. The monoisotopic (exact) mass is 295 g/mol. The highest BCUT2D eigenvalue weighted by molar-refractivity contribution is 6.33. The van der Waals surface area contributed by atoms with Crippen molar-refractivity contribution in [3.8, 4) is 11.3 Å². The van der Waals surface area contributed by atoms with E-state index in [9.17, 15) is 13.2 Å². The van der Waals surface area contributed by atoms with Gasteiger partial charge in [-0.2, -0.15) is 13.2 Å². The molecule has 1 heterocycles. The van der Waals surface area contributed by atoms with Gasteiger partial charge in [-0.25, -0.2) is 0 Å². The van der Waals surface area contributed by atoms with Crippen LogP contribution in [0.2, 0.25) is 5.02 Å². The lowest BCUT2D eigenvalue weighted by Crippen LogP contribution is -2.03. The zero-order valence-electron chi connectivity index (χ0n) is 10.1. The lowest BCUT2D eigenvalue weighted by atomic mass is 10.1. The summed E-state index contributed by atoms with van der Waals surface area (Å²) in [5, 5.41) is 1.27. The summed E-state index contributed by atoms with van der Waals surface area (Å²) < 4.78 is 38.0. The van der Waals surface area contributed by atoms with Gasteiger partial charge in [-0.05, 0) is 24.3 Å². The van der Waals surface area contributed by atoms with E-state index in [0.29, 0.717) is 21.6 Å². The molecule has 0 unspecified atom stereocenters. The quantitative estimate of drug-likeness (QED) is 0.609. The van der Waals surface area contributed by atoms with Crippen LogP contribution in [-0.2, 0) is 6.18 Å². The van der Waals surface area contributed by atoms with Crippen molar-refractivity contribution in [1.82, 2.24) is 4.98 Å². The first-order valence-electron chi connectivity index (χ1n) is 5.90. The first-order valence-corrected chi connectivity index (χ1v) is 6.28. The Labute approximate surface area is 118 Å². The first kappa shape index (κ1) is 13.1. The number of H-pyrrole nitrogens is 1. The van der Waals surface area contributed by atoms with E-state index < -0.39 is 11.7 Å². The average Bonchev–Trinajstić information content (AvgIpc) is 2.80. The molecule has 5 heteroatoms. The van der Waals surface area contributed by atoms with Crippen LogP contribution in [0.1, 0.15) is 5.56 Å². The molecule has 3 aromatic rings. The van der Waals surface area contributed by atoms with Gasteiger partial charge in [0, 0.05) is 27.2 Å². The fraction of sp³-hybridized carbons (Fsp3) is 0.0667. The van der Waals surface area contributed by atoms with Crippen molar-refractivity contribution < 1.29 is 13.2 Å². The number of aromatic amines is 1. The lowest BCUT2D eigenvalue weighted by Gasteiger charge is -2.05. The van der Waals surface area contributed by atoms with Crippen molar-refractivity contribution >= 4 is 22.5 Å². The molecule has 3 rings (SSSR count). The maximum Gasteiger partial charge on any atom is 0.416 e. The standard InChI is InChI=1S/C15H9ClF3N/c16-12-4-2-1-3-11(12)14-7-9-5-6-10(15(17,18)19)8-13(9)20-14/h1-8,20H. The van der Waals surface area contributed by atoms with E-state index in [1.54, 1.807) is 18.2 Å². The maximum absolute atomic E-state index is 12.7. The Balaban J connectivity index is 2.14. The van der Waals surface area contributed by atoms with Crippen LogP contribution in [0.3, 0.4) is 0 Å². The topological polar surface area (TPSA) is 15.8 Å². The van der Waals surface area contributed by atoms with E-state index in [1.807, 2.05) is 12.1 Å². The molecule has 0 fully saturated rings. The summed E-state index contributed by atoms with van der Waals surface area (Å²) in [6.45, 7) is 0. The van der Waals surface area contributed by atoms with E-state index >= 15 is 0 Å². The fourth-order valence-electron chi connectivity index (χ4n) is 2.13. The number of fused-ring (bicyclic) bond motifs is 1. The Kier molecular flexibility index (Phi) is 2.98.